The molecule has 4 aromatic rings. The molecule has 0 bridgehead atoms. The number of anilines is 2. The number of carboxylic acid groups (broad SMARTS) is 1. The fourth-order valence-corrected chi connectivity index (χ4v) is 5.97. The van der Waals surface area contributed by atoms with Gasteiger partial charge in [0.15, 0.2) is 0 Å². The standard InChI is InChI=1S/C30H30FN5O2/c31-22-9-13-24(14-10-22)36-26(15-16-27(36)21-7-11-23(32)12-8-21)20-5-3-19(4-6-20)25-18-33-29(34-25)28-2-1-17-35(28)30(37)38/h3-14,18,26-28H,1-2,15-17,32H2,(H,33,34)(H,37,38). The number of amides is 1. The normalized spacial score (nSPS) is 21.2. The Morgan fingerprint density at radius 3 is 2.16 bits per heavy atom. The molecule has 0 aliphatic carbocycles. The molecule has 0 spiro atoms. The monoisotopic (exact) mass is 511 g/mol. The van der Waals surface area contributed by atoms with Gasteiger partial charge in [-0.3, -0.25) is 4.90 Å². The number of halogens is 1. The average Bonchev–Trinajstić information content (AvgIpc) is 3.69. The highest BCUT2D eigenvalue weighted by molar-refractivity contribution is 5.66. The van der Waals surface area contributed by atoms with Crippen LogP contribution in [0.3, 0.4) is 0 Å². The van der Waals surface area contributed by atoms with Crippen LogP contribution in [0.5, 0.6) is 0 Å². The van der Waals surface area contributed by atoms with Crippen molar-refractivity contribution in [2.45, 2.75) is 43.8 Å². The minimum absolute atomic E-state index is 0.136. The van der Waals surface area contributed by atoms with Gasteiger partial charge < -0.3 is 20.7 Å². The maximum absolute atomic E-state index is 13.8. The van der Waals surface area contributed by atoms with Gasteiger partial charge in [-0.1, -0.05) is 36.4 Å². The summed E-state index contributed by atoms with van der Waals surface area (Å²) in [5.74, 6) is 0.439. The molecular formula is C30H30FN5O2. The van der Waals surface area contributed by atoms with Crippen molar-refractivity contribution < 1.29 is 14.3 Å². The number of H-pyrrole nitrogens is 1. The molecule has 0 saturated carbocycles. The van der Waals surface area contributed by atoms with Gasteiger partial charge in [0.2, 0.25) is 0 Å². The van der Waals surface area contributed by atoms with Crippen molar-refractivity contribution in [3.05, 3.63) is 102 Å². The number of nitrogens with one attached hydrogen (secondary N) is 1. The van der Waals surface area contributed by atoms with Gasteiger partial charge in [0.1, 0.15) is 11.6 Å². The maximum Gasteiger partial charge on any atom is 0.407 e. The van der Waals surface area contributed by atoms with Crippen molar-refractivity contribution in [2.75, 3.05) is 17.2 Å². The number of nitrogens with two attached hydrogens (primary N) is 1. The lowest BCUT2D eigenvalue weighted by Crippen LogP contribution is -2.29. The fraction of sp³-hybridized carbons (Fsp3) is 0.267. The number of hydrogen-bond acceptors (Lipinski definition) is 4. The van der Waals surface area contributed by atoms with E-state index in [2.05, 4.69) is 51.3 Å². The molecule has 8 heteroatoms. The number of nitrogens with zero attached hydrogens (tertiary/aromatic N) is 3. The van der Waals surface area contributed by atoms with E-state index in [1.807, 2.05) is 24.3 Å². The second-order valence-electron chi connectivity index (χ2n) is 10.1. The number of rotatable bonds is 5. The van der Waals surface area contributed by atoms with Crippen LogP contribution in [0.2, 0.25) is 0 Å². The van der Waals surface area contributed by atoms with Crippen LogP contribution in [0.4, 0.5) is 20.6 Å². The van der Waals surface area contributed by atoms with Crippen molar-refractivity contribution in [3.63, 3.8) is 0 Å². The van der Waals surface area contributed by atoms with Gasteiger partial charge in [0.25, 0.3) is 0 Å². The molecule has 1 aromatic heterocycles. The number of likely N-dealkylation sites (tertiary alicyclic amines) is 1. The summed E-state index contributed by atoms with van der Waals surface area (Å²) in [6.07, 6.45) is 4.42. The number of carbonyl (C=O) groups is 1. The summed E-state index contributed by atoms with van der Waals surface area (Å²) in [7, 11) is 0. The first-order valence-electron chi connectivity index (χ1n) is 13.0. The minimum atomic E-state index is -0.908. The lowest BCUT2D eigenvalue weighted by Gasteiger charge is -2.33. The zero-order valence-corrected chi connectivity index (χ0v) is 20.9. The summed E-state index contributed by atoms with van der Waals surface area (Å²) in [6.45, 7) is 0.536. The van der Waals surface area contributed by atoms with Gasteiger partial charge >= 0.3 is 6.09 Å². The SMILES string of the molecule is Nc1ccc(C2CCC(c3ccc(-c4cnc(C5CCCN5C(=O)O)[nH]4)cc3)N2c2ccc(F)cc2)cc1. The van der Waals surface area contributed by atoms with Crippen LogP contribution in [0, 0.1) is 5.82 Å². The number of imidazole rings is 1. The van der Waals surface area contributed by atoms with Crippen molar-refractivity contribution in [1.29, 1.82) is 0 Å². The summed E-state index contributed by atoms with van der Waals surface area (Å²) in [6, 6.07) is 23.2. The Bertz CT molecular complexity index is 1420. The molecule has 2 saturated heterocycles. The van der Waals surface area contributed by atoms with Gasteiger partial charge in [-0.15, -0.1) is 0 Å². The average molecular weight is 512 g/mol. The van der Waals surface area contributed by atoms with E-state index >= 15 is 0 Å². The molecule has 3 atom stereocenters. The quantitative estimate of drug-likeness (QED) is 0.259. The van der Waals surface area contributed by atoms with Crippen LogP contribution in [-0.4, -0.2) is 32.6 Å². The predicted octanol–water partition coefficient (Wildman–Crippen LogP) is 6.70. The number of benzene rings is 3. The van der Waals surface area contributed by atoms with E-state index in [1.165, 1.54) is 28.2 Å². The Labute approximate surface area is 220 Å². The van der Waals surface area contributed by atoms with Crippen LogP contribution >= 0.6 is 0 Å². The molecule has 2 fully saturated rings. The van der Waals surface area contributed by atoms with E-state index in [1.54, 1.807) is 6.20 Å². The van der Waals surface area contributed by atoms with E-state index in [0.717, 1.165) is 48.3 Å². The van der Waals surface area contributed by atoms with Gasteiger partial charge in [0.05, 0.1) is 30.0 Å². The molecule has 6 rings (SSSR count). The Kier molecular flexibility index (Phi) is 6.23. The Hall–Kier alpha value is -4.33. The highest BCUT2D eigenvalue weighted by Gasteiger charge is 2.36. The zero-order chi connectivity index (χ0) is 26.2. The first kappa shape index (κ1) is 24.0. The topological polar surface area (TPSA) is 98.5 Å². The summed E-state index contributed by atoms with van der Waals surface area (Å²) in [5, 5.41) is 9.48. The molecule has 3 aromatic carbocycles. The highest BCUT2D eigenvalue weighted by atomic mass is 19.1. The fourth-order valence-electron chi connectivity index (χ4n) is 5.97. The number of aromatic amines is 1. The van der Waals surface area contributed by atoms with Gasteiger partial charge in [-0.25, -0.2) is 14.2 Å². The Morgan fingerprint density at radius 1 is 0.895 bits per heavy atom. The van der Waals surface area contributed by atoms with E-state index < -0.39 is 6.09 Å². The Morgan fingerprint density at radius 2 is 1.53 bits per heavy atom. The molecule has 38 heavy (non-hydrogen) atoms. The first-order chi connectivity index (χ1) is 18.5. The van der Waals surface area contributed by atoms with Crippen LogP contribution in [0.15, 0.2) is 79.0 Å². The second kappa shape index (κ2) is 9.85. The lowest BCUT2D eigenvalue weighted by atomic mass is 10.0. The smallest absolute Gasteiger partial charge is 0.407 e. The minimum Gasteiger partial charge on any atom is -0.465 e. The van der Waals surface area contributed by atoms with E-state index in [0.29, 0.717) is 12.4 Å². The summed E-state index contributed by atoms with van der Waals surface area (Å²) in [5.41, 5.74) is 11.9. The van der Waals surface area contributed by atoms with Gasteiger partial charge in [0, 0.05) is 17.9 Å². The van der Waals surface area contributed by atoms with E-state index in [-0.39, 0.29) is 23.9 Å². The van der Waals surface area contributed by atoms with E-state index in [4.69, 9.17) is 5.73 Å². The van der Waals surface area contributed by atoms with Gasteiger partial charge in [-0.05, 0) is 78.8 Å². The number of aromatic nitrogens is 2. The molecule has 2 aliphatic heterocycles. The van der Waals surface area contributed by atoms with Crippen LogP contribution in [-0.2, 0) is 0 Å². The largest absolute Gasteiger partial charge is 0.465 e. The second-order valence-corrected chi connectivity index (χ2v) is 10.1. The molecule has 1 amide bonds. The molecule has 7 nitrogen and oxygen atoms in total. The molecule has 194 valence electrons. The van der Waals surface area contributed by atoms with Crippen LogP contribution in [0.25, 0.3) is 11.3 Å². The van der Waals surface area contributed by atoms with Crippen molar-refractivity contribution in [1.82, 2.24) is 14.9 Å². The number of hydrogen-bond donors (Lipinski definition) is 3. The predicted molar refractivity (Wildman–Crippen MR) is 145 cm³/mol. The van der Waals surface area contributed by atoms with Gasteiger partial charge in [-0.2, -0.15) is 0 Å². The summed E-state index contributed by atoms with van der Waals surface area (Å²) >= 11 is 0. The molecule has 3 heterocycles. The van der Waals surface area contributed by atoms with Crippen molar-refractivity contribution in [3.8, 4) is 11.3 Å². The van der Waals surface area contributed by atoms with Crippen LogP contribution < -0.4 is 10.6 Å². The zero-order valence-electron chi connectivity index (χ0n) is 20.9. The Balaban J connectivity index is 1.27. The molecule has 4 N–H and O–H groups in total. The third kappa shape index (κ3) is 4.47. The summed E-state index contributed by atoms with van der Waals surface area (Å²) in [4.78, 5) is 23.2. The van der Waals surface area contributed by atoms with Crippen molar-refractivity contribution >= 4 is 17.5 Å². The summed E-state index contributed by atoms with van der Waals surface area (Å²) < 4.78 is 13.8. The third-order valence-electron chi connectivity index (χ3n) is 7.85. The third-order valence-corrected chi connectivity index (χ3v) is 7.85. The first-order valence-corrected chi connectivity index (χ1v) is 13.0. The lowest BCUT2D eigenvalue weighted by molar-refractivity contribution is 0.139. The maximum atomic E-state index is 13.8. The van der Waals surface area contributed by atoms with E-state index in [9.17, 15) is 14.3 Å². The molecular weight excluding hydrogens is 481 g/mol. The molecule has 2 aliphatic rings. The number of nitrogen functional groups attached to an aromatic ring is 1. The van der Waals surface area contributed by atoms with Crippen LogP contribution in [0.1, 0.15) is 60.8 Å². The molecule has 0 radical (unpaired) electrons. The highest BCUT2D eigenvalue weighted by Crippen LogP contribution is 2.47. The molecule has 3 unspecified atom stereocenters. The van der Waals surface area contributed by atoms with Crippen molar-refractivity contribution in [2.24, 2.45) is 0 Å².